The van der Waals surface area contributed by atoms with Crippen molar-refractivity contribution in [2.24, 2.45) is 0 Å². The molecule has 1 heterocycles. The Labute approximate surface area is 188 Å². The number of benzene rings is 2. The number of anilines is 1. The van der Waals surface area contributed by atoms with Crippen molar-refractivity contribution in [3.05, 3.63) is 47.5 Å². The summed E-state index contributed by atoms with van der Waals surface area (Å²) in [6, 6.07) is 8.84. The molecule has 2 aromatic rings. The second-order valence-corrected chi connectivity index (χ2v) is 10.3. The zero-order valence-corrected chi connectivity index (χ0v) is 19.5. The molecule has 1 aliphatic heterocycles. The van der Waals surface area contributed by atoms with Crippen LogP contribution >= 0.6 is 0 Å². The van der Waals surface area contributed by atoms with E-state index in [9.17, 15) is 18.0 Å². The van der Waals surface area contributed by atoms with Gasteiger partial charge in [0.25, 0.3) is 11.8 Å². The number of rotatable bonds is 7. The van der Waals surface area contributed by atoms with Crippen LogP contribution in [-0.4, -0.2) is 57.7 Å². The Balaban J connectivity index is 1.93. The largest absolute Gasteiger partial charge is 0.493 e. The fourth-order valence-corrected chi connectivity index (χ4v) is 4.57. The molecule has 2 amide bonds. The summed E-state index contributed by atoms with van der Waals surface area (Å²) in [5.74, 6) is 0.0914. The normalized spacial score (nSPS) is 13.8. The van der Waals surface area contributed by atoms with E-state index in [2.05, 4.69) is 5.32 Å². The lowest BCUT2D eigenvalue weighted by Crippen LogP contribution is -2.29. The third kappa shape index (κ3) is 4.72. The van der Waals surface area contributed by atoms with Gasteiger partial charge in [-0.25, -0.2) is 8.42 Å². The number of hydrogen-bond acceptors (Lipinski definition) is 6. The molecule has 0 aliphatic carbocycles. The molecular weight excluding hydrogens is 432 g/mol. The molecule has 8 nitrogen and oxygen atoms in total. The molecule has 9 heteroatoms. The molecule has 32 heavy (non-hydrogen) atoms. The Morgan fingerprint density at radius 3 is 2.06 bits per heavy atom. The number of nitrogens with zero attached hydrogens (tertiary/aromatic N) is 1. The molecule has 0 bridgehead atoms. The Bertz CT molecular complexity index is 1100. The fourth-order valence-electron chi connectivity index (χ4n) is 3.51. The van der Waals surface area contributed by atoms with E-state index in [0.29, 0.717) is 35.8 Å². The number of ether oxygens (including phenoxy) is 2. The molecule has 0 spiro atoms. The first kappa shape index (κ1) is 23.6. The van der Waals surface area contributed by atoms with Crippen molar-refractivity contribution in [1.29, 1.82) is 0 Å². The summed E-state index contributed by atoms with van der Waals surface area (Å²) in [6.07, 6.45) is 1.87. The summed E-state index contributed by atoms with van der Waals surface area (Å²) in [6.45, 7) is 4.52. The fraction of sp³-hybridized carbons (Fsp3) is 0.391. The van der Waals surface area contributed by atoms with Gasteiger partial charge in [-0.3, -0.25) is 9.59 Å². The lowest BCUT2D eigenvalue weighted by atomic mass is 10.1. The van der Waals surface area contributed by atoms with Crippen LogP contribution in [0, 0.1) is 0 Å². The third-order valence-corrected chi connectivity index (χ3v) is 7.63. The van der Waals surface area contributed by atoms with E-state index in [1.54, 1.807) is 30.9 Å². The van der Waals surface area contributed by atoms with Crippen LogP contribution in [0.5, 0.6) is 11.5 Å². The molecule has 0 unspecified atom stereocenters. The summed E-state index contributed by atoms with van der Waals surface area (Å²) >= 11 is 0. The van der Waals surface area contributed by atoms with Crippen LogP contribution < -0.4 is 14.8 Å². The molecule has 0 saturated carbocycles. The van der Waals surface area contributed by atoms with E-state index >= 15 is 0 Å². The van der Waals surface area contributed by atoms with Gasteiger partial charge in [0.1, 0.15) is 0 Å². The lowest BCUT2D eigenvalue weighted by Gasteiger charge is -2.20. The van der Waals surface area contributed by atoms with Crippen LogP contribution in [0.15, 0.2) is 41.3 Å². The average molecular weight is 461 g/mol. The molecule has 3 rings (SSSR count). The molecule has 1 N–H and O–H groups in total. The van der Waals surface area contributed by atoms with E-state index in [1.165, 1.54) is 38.5 Å². The number of methoxy groups -OCH3 is 2. The number of hydrogen-bond donors (Lipinski definition) is 1. The van der Waals surface area contributed by atoms with Crippen LogP contribution in [0.25, 0.3) is 0 Å². The minimum absolute atomic E-state index is 0.153. The molecule has 0 atom stereocenters. The van der Waals surface area contributed by atoms with E-state index in [4.69, 9.17) is 9.47 Å². The third-order valence-electron chi connectivity index (χ3n) is 5.46. The minimum atomic E-state index is -3.43. The van der Waals surface area contributed by atoms with Gasteiger partial charge in [-0.15, -0.1) is 0 Å². The van der Waals surface area contributed by atoms with Gasteiger partial charge in [-0.1, -0.05) is 0 Å². The summed E-state index contributed by atoms with van der Waals surface area (Å²) in [5, 5.41) is 2.20. The standard InChI is InChI=1S/C23H28N2O6S/c1-15(2)32(28,29)17-9-7-16(8-10-17)22(26)24-19-14-21(31-4)20(30-3)13-18(19)23(27)25-11-5-6-12-25/h7-10,13-15H,5-6,11-12H2,1-4H3,(H,24,26). The van der Waals surface area contributed by atoms with Crippen LogP contribution in [0.3, 0.4) is 0 Å². The molecule has 1 aliphatic rings. The Kier molecular flexibility index (Phi) is 7.08. The van der Waals surface area contributed by atoms with Gasteiger partial charge < -0.3 is 19.7 Å². The summed E-state index contributed by atoms with van der Waals surface area (Å²) < 4.78 is 35.3. The predicted octanol–water partition coefficient (Wildman–Crippen LogP) is 3.37. The highest BCUT2D eigenvalue weighted by molar-refractivity contribution is 7.92. The number of likely N-dealkylation sites (tertiary alicyclic amines) is 1. The van der Waals surface area contributed by atoms with Crippen molar-refractivity contribution in [3.8, 4) is 11.5 Å². The molecular formula is C23H28N2O6S. The minimum Gasteiger partial charge on any atom is -0.493 e. The highest BCUT2D eigenvalue weighted by Crippen LogP contribution is 2.34. The van der Waals surface area contributed by atoms with Gasteiger partial charge in [0, 0.05) is 24.7 Å². The Morgan fingerprint density at radius 1 is 0.969 bits per heavy atom. The number of amides is 2. The predicted molar refractivity (Wildman–Crippen MR) is 121 cm³/mol. The van der Waals surface area contributed by atoms with Gasteiger partial charge in [-0.05, 0) is 57.0 Å². The number of carbonyl (C=O) groups is 2. The maximum atomic E-state index is 13.1. The average Bonchev–Trinajstić information content (AvgIpc) is 3.33. The van der Waals surface area contributed by atoms with Crippen molar-refractivity contribution in [2.75, 3.05) is 32.6 Å². The Hall–Kier alpha value is -3.07. The quantitative estimate of drug-likeness (QED) is 0.680. The van der Waals surface area contributed by atoms with Gasteiger partial charge in [-0.2, -0.15) is 0 Å². The van der Waals surface area contributed by atoms with E-state index in [1.807, 2.05) is 0 Å². The number of sulfone groups is 1. The first-order valence-electron chi connectivity index (χ1n) is 10.4. The highest BCUT2D eigenvalue weighted by Gasteiger charge is 2.25. The Morgan fingerprint density at radius 2 is 1.53 bits per heavy atom. The monoisotopic (exact) mass is 460 g/mol. The van der Waals surface area contributed by atoms with Crippen LogP contribution in [-0.2, 0) is 9.84 Å². The van der Waals surface area contributed by atoms with Gasteiger partial charge in [0.2, 0.25) is 0 Å². The van der Waals surface area contributed by atoms with Crippen molar-refractivity contribution in [3.63, 3.8) is 0 Å². The van der Waals surface area contributed by atoms with Crippen molar-refractivity contribution < 1.29 is 27.5 Å². The zero-order chi connectivity index (χ0) is 23.5. The lowest BCUT2D eigenvalue weighted by molar-refractivity contribution is 0.0793. The molecule has 1 fully saturated rings. The van der Waals surface area contributed by atoms with Crippen LogP contribution in [0.4, 0.5) is 5.69 Å². The van der Waals surface area contributed by atoms with Crippen molar-refractivity contribution >= 4 is 27.3 Å². The van der Waals surface area contributed by atoms with Crippen LogP contribution in [0.2, 0.25) is 0 Å². The summed E-state index contributed by atoms with van der Waals surface area (Å²) in [7, 11) is -0.484. The van der Waals surface area contributed by atoms with Crippen LogP contribution in [0.1, 0.15) is 47.4 Å². The highest BCUT2D eigenvalue weighted by atomic mass is 32.2. The second-order valence-electron chi connectivity index (χ2n) is 7.82. The van der Waals surface area contributed by atoms with Gasteiger partial charge >= 0.3 is 0 Å². The van der Waals surface area contributed by atoms with Gasteiger partial charge in [0.15, 0.2) is 21.3 Å². The smallest absolute Gasteiger partial charge is 0.256 e. The zero-order valence-electron chi connectivity index (χ0n) is 18.7. The molecule has 0 aromatic heterocycles. The van der Waals surface area contributed by atoms with Gasteiger partial charge in [0.05, 0.1) is 35.6 Å². The first-order chi connectivity index (χ1) is 15.2. The SMILES string of the molecule is COc1cc(NC(=O)c2ccc(S(=O)(=O)C(C)C)cc2)c(C(=O)N2CCCC2)cc1OC. The van der Waals surface area contributed by atoms with E-state index < -0.39 is 21.0 Å². The van der Waals surface area contributed by atoms with Crippen molar-refractivity contribution in [1.82, 2.24) is 4.90 Å². The molecule has 1 saturated heterocycles. The molecule has 172 valence electrons. The van der Waals surface area contributed by atoms with E-state index in [-0.39, 0.29) is 16.4 Å². The van der Waals surface area contributed by atoms with E-state index in [0.717, 1.165) is 12.8 Å². The number of nitrogens with one attached hydrogen (secondary N) is 1. The maximum Gasteiger partial charge on any atom is 0.256 e. The topological polar surface area (TPSA) is 102 Å². The molecule has 0 radical (unpaired) electrons. The molecule has 2 aromatic carbocycles. The summed E-state index contributed by atoms with van der Waals surface area (Å²) in [5.41, 5.74) is 0.863. The maximum absolute atomic E-state index is 13.1. The first-order valence-corrected chi connectivity index (χ1v) is 11.9. The number of carbonyl (C=O) groups excluding carboxylic acids is 2. The van der Waals surface area contributed by atoms with Crippen molar-refractivity contribution in [2.45, 2.75) is 36.8 Å². The summed E-state index contributed by atoms with van der Waals surface area (Å²) in [4.78, 5) is 27.9. The second kappa shape index (κ2) is 9.60.